The Morgan fingerprint density at radius 1 is 1.04 bits per heavy atom. The summed E-state index contributed by atoms with van der Waals surface area (Å²) < 4.78 is 5.66. The van der Waals surface area contributed by atoms with Crippen molar-refractivity contribution in [2.75, 3.05) is 19.8 Å². The van der Waals surface area contributed by atoms with E-state index in [2.05, 4.69) is 24.3 Å². The molecule has 2 aromatic carbocycles. The number of aliphatic hydroxyl groups excluding tert-OH is 1. The Labute approximate surface area is 162 Å². The maximum atomic E-state index is 12.8. The number of rotatable bonds is 4. The first-order valence-electron chi connectivity index (χ1n) is 9.47. The molecule has 6 rings (SSSR count). The SMILES string of the molecule is O=C(OCC1c2ccccc2-c2ccccc21)N1CC2(C(=O)O)CC1(CO)C2. The number of aliphatic hydroxyl groups is 1. The van der Waals surface area contributed by atoms with E-state index >= 15 is 0 Å². The van der Waals surface area contributed by atoms with Crippen molar-refractivity contribution in [2.45, 2.75) is 24.3 Å². The molecule has 3 fully saturated rings. The predicted octanol–water partition coefficient (Wildman–Crippen LogP) is 2.85. The van der Waals surface area contributed by atoms with Crippen LogP contribution in [0.25, 0.3) is 11.1 Å². The van der Waals surface area contributed by atoms with Gasteiger partial charge in [-0.3, -0.25) is 9.69 Å². The number of fused-ring (bicyclic) bond motifs is 4. The number of carbonyl (C=O) groups is 2. The Bertz CT molecular complexity index is 933. The molecule has 6 heteroatoms. The van der Waals surface area contributed by atoms with Crippen molar-refractivity contribution in [3.05, 3.63) is 59.7 Å². The third kappa shape index (κ3) is 2.18. The highest BCUT2D eigenvalue weighted by atomic mass is 16.6. The molecule has 2 aromatic rings. The highest BCUT2D eigenvalue weighted by Gasteiger charge is 2.70. The molecule has 0 spiro atoms. The zero-order valence-electron chi connectivity index (χ0n) is 15.3. The Morgan fingerprint density at radius 3 is 2.14 bits per heavy atom. The molecule has 144 valence electrons. The van der Waals surface area contributed by atoms with Gasteiger partial charge in [0.15, 0.2) is 0 Å². The molecule has 1 amide bonds. The van der Waals surface area contributed by atoms with Crippen LogP contribution in [0.3, 0.4) is 0 Å². The molecule has 2 bridgehead atoms. The van der Waals surface area contributed by atoms with Crippen LogP contribution in [0, 0.1) is 5.41 Å². The van der Waals surface area contributed by atoms with Gasteiger partial charge in [-0.25, -0.2) is 4.79 Å². The van der Waals surface area contributed by atoms with Crippen molar-refractivity contribution in [1.82, 2.24) is 4.90 Å². The van der Waals surface area contributed by atoms with Crippen molar-refractivity contribution in [2.24, 2.45) is 5.41 Å². The molecule has 4 aliphatic rings. The smallest absolute Gasteiger partial charge is 0.410 e. The van der Waals surface area contributed by atoms with Gasteiger partial charge in [0.1, 0.15) is 6.61 Å². The molecule has 1 saturated carbocycles. The zero-order valence-corrected chi connectivity index (χ0v) is 15.3. The molecule has 2 N–H and O–H groups in total. The summed E-state index contributed by atoms with van der Waals surface area (Å²) in [6.45, 7) is 0.0384. The van der Waals surface area contributed by atoms with Gasteiger partial charge in [-0.05, 0) is 35.1 Å². The van der Waals surface area contributed by atoms with Crippen LogP contribution >= 0.6 is 0 Å². The molecule has 0 radical (unpaired) electrons. The summed E-state index contributed by atoms with van der Waals surface area (Å²) >= 11 is 0. The van der Waals surface area contributed by atoms with Crippen LogP contribution in [-0.4, -0.2) is 52.5 Å². The zero-order chi connectivity index (χ0) is 19.5. The van der Waals surface area contributed by atoms with Gasteiger partial charge in [-0.1, -0.05) is 48.5 Å². The number of hydrogen-bond acceptors (Lipinski definition) is 4. The lowest BCUT2D eigenvalue weighted by molar-refractivity contribution is -0.154. The van der Waals surface area contributed by atoms with Crippen LogP contribution in [0.5, 0.6) is 0 Å². The second kappa shape index (κ2) is 5.82. The average molecular weight is 379 g/mol. The molecule has 2 aliphatic heterocycles. The van der Waals surface area contributed by atoms with Crippen LogP contribution in [0.2, 0.25) is 0 Å². The second-order valence-electron chi connectivity index (χ2n) is 8.21. The van der Waals surface area contributed by atoms with Gasteiger partial charge in [-0.2, -0.15) is 0 Å². The fourth-order valence-corrected chi connectivity index (χ4v) is 5.33. The summed E-state index contributed by atoms with van der Waals surface area (Å²) in [6.07, 6.45) is 0.0306. The van der Waals surface area contributed by atoms with E-state index in [1.54, 1.807) is 0 Å². The molecule has 0 atom stereocenters. The highest BCUT2D eigenvalue weighted by molar-refractivity contribution is 5.82. The molecule has 6 nitrogen and oxygen atoms in total. The average Bonchev–Trinajstić information content (AvgIpc) is 3.31. The normalized spacial score (nSPS) is 27.1. The summed E-state index contributed by atoms with van der Waals surface area (Å²) in [6, 6.07) is 16.2. The summed E-state index contributed by atoms with van der Waals surface area (Å²) in [4.78, 5) is 25.8. The molecule has 0 unspecified atom stereocenters. The van der Waals surface area contributed by atoms with Crippen LogP contribution in [-0.2, 0) is 9.53 Å². The van der Waals surface area contributed by atoms with Gasteiger partial charge in [0.25, 0.3) is 0 Å². The van der Waals surface area contributed by atoms with E-state index in [0.717, 1.165) is 22.3 Å². The topological polar surface area (TPSA) is 87.1 Å². The van der Waals surface area contributed by atoms with E-state index in [-0.39, 0.29) is 38.5 Å². The number of benzene rings is 2. The van der Waals surface area contributed by atoms with Crippen molar-refractivity contribution in [3.8, 4) is 11.1 Å². The largest absolute Gasteiger partial charge is 0.481 e. The minimum absolute atomic E-state index is 0.0486. The van der Waals surface area contributed by atoms with E-state index in [4.69, 9.17) is 4.74 Å². The molecular formula is C22H21NO5. The number of aliphatic carboxylic acids is 1. The number of carboxylic acid groups (broad SMARTS) is 1. The molecule has 2 saturated heterocycles. The first kappa shape index (κ1) is 17.3. The Balaban J connectivity index is 1.36. The number of ether oxygens (including phenoxy) is 1. The molecule has 28 heavy (non-hydrogen) atoms. The Hall–Kier alpha value is -2.86. The lowest BCUT2D eigenvalue weighted by atomic mass is 9.62. The van der Waals surface area contributed by atoms with Crippen LogP contribution in [0.4, 0.5) is 4.79 Å². The highest BCUT2D eigenvalue weighted by Crippen LogP contribution is 2.59. The predicted molar refractivity (Wildman–Crippen MR) is 101 cm³/mol. The van der Waals surface area contributed by atoms with Crippen LogP contribution in [0.1, 0.15) is 29.9 Å². The summed E-state index contributed by atoms with van der Waals surface area (Å²) in [7, 11) is 0. The van der Waals surface area contributed by atoms with Crippen molar-refractivity contribution in [1.29, 1.82) is 0 Å². The van der Waals surface area contributed by atoms with Gasteiger partial charge in [0, 0.05) is 12.5 Å². The third-order valence-corrected chi connectivity index (χ3v) is 6.67. The monoisotopic (exact) mass is 379 g/mol. The maximum Gasteiger partial charge on any atom is 0.410 e. The summed E-state index contributed by atoms with van der Waals surface area (Å²) in [5.41, 5.74) is 2.83. The quantitative estimate of drug-likeness (QED) is 0.853. The number of hydrogen-bond donors (Lipinski definition) is 2. The molecule has 2 aliphatic carbocycles. The number of carboxylic acids is 1. The molecular weight excluding hydrogens is 358 g/mol. The van der Waals surface area contributed by atoms with Gasteiger partial charge in [0.05, 0.1) is 17.6 Å². The fourth-order valence-electron chi connectivity index (χ4n) is 5.33. The lowest BCUT2D eigenvalue weighted by Gasteiger charge is -2.43. The van der Waals surface area contributed by atoms with E-state index in [0.29, 0.717) is 0 Å². The molecule has 2 heterocycles. The molecule has 0 aromatic heterocycles. The van der Waals surface area contributed by atoms with Gasteiger partial charge in [0.2, 0.25) is 0 Å². The first-order valence-corrected chi connectivity index (χ1v) is 9.47. The number of amides is 1. The van der Waals surface area contributed by atoms with E-state index in [9.17, 15) is 19.8 Å². The summed E-state index contributed by atoms with van der Waals surface area (Å²) in [5.74, 6) is -0.960. The van der Waals surface area contributed by atoms with E-state index in [1.807, 2.05) is 24.3 Å². The minimum Gasteiger partial charge on any atom is -0.481 e. The van der Waals surface area contributed by atoms with Crippen molar-refractivity contribution in [3.63, 3.8) is 0 Å². The first-order chi connectivity index (χ1) is 13.5. The Morgan fingerprint density at radius 2 is 1.61 bits per heavy atom. The van der Waals surface area contributed by atoms with Crippen molar-refractivity contribution < 1.29 is 24.5 Å². The van der Waals surface area contributed by atoms with Gasteiger partial charge in [-0.15, -0.1) is 0 Å². The Kier molecular flexibility index (Phi) is 3.58. The van der Waals surface area contributed by atoms with Gasteiger partial charge < -0.3 is 14.9 Å². The van der Waals surface area contributed by atoms with E-state index in [1.165, 1.54) is 4.90 Å². The fraction of sp³-hybridized carbons (Fsp3) is 0.364. The third-order valence-electron chi connectivity index (χ3n) is 6.67. The number of carbonyl (C=O) groups excluding carboxylic acids is 1. The minimum atomic E-state index is -0.936. The summed E-state index contributed by atoms with van der Waals surface area (Å²) in [5, 5.41) is 19.3. The van der Waals surface area contributed by atoms with Crippen molar-refractivity contribution >= 4 is 12.1 Å². The standard InChI is InChI=1S/C22H21NO5/c24-13-22-10-21(11-22,19(25)26)12-23(22)20(27)28-9-18-16-7-3-1-5-14(16)15-6-2-4-8-17(15)18/h1-8,18,24H,9-13H2,(H,25,26). The lowest BCUT2D eigenvalue weighted by Crippen LogP contribution is -2.55. The second-order valence-corrected chi connectivity index (χ2v) is 8.21. The van der Waals surface area contributed by atoms with Gasteiger partial charge >= 0.3 is 12.1 Å². The van der Waals surface area contributed by atoms with E-state index < -0.39 is 23.0 Å². The number of nitrogens with zero attached hydrogens (tertiary/aromatic N) is 1. The van der Waals surface area contributed by atoms with Crippen LogP contribution in [0.15, 0.2) is 48.5 Å². The maximum absolute atomic E-state index is 12.8. The van der Waals surface area contributed by atoms with Crippen LogP contribution < -0.4 is 0 Å².